The molecule has 5 nitrogen and oxygen atoms in total. The Bertz CT molecular complexity index is 604. The van der Waals surface area contributed by atoms with E-state index in [1.165, 1.54) is 0 Å². The predicted molar refractivity (Wildman–Crippen MR) is 77.7 cm³/mol. The molecule has 1 atom stereocenters. The van der Waals surface area contributed by atoms with E-state index in [9.17, 15) is 4.79 Å². The molecule has 2 aromatic heterocycles. The molecule has 1 aliphatic rings. The van der Waals surface area contributed by atoms with Crippen molar-refractivity contribution < 1.29 is 9.53 Å². The first-order chi connectivity index (χ1) is 9.79. The summed E-state index contributed by atoms with van der Waals surface area (Å²) in [6, 6.07) is 7.47. The fourth-order valence-corrected chi connectivity index (χ4v) is 3.29. The number of anilines is 1. The second-order valence-corrected chi connectivity index (χ2v) is 5.33. The van der Waals surface area contributed by atoms with E-state index in [4.69, 9.17) is 4.74 Å². The van der Waals surface area contributed by atoms with Crippen molar-refractivity contribution in [3.05, 3.63) is 48.4 Å². The van der Waals surface area contributed by atoms with Gasteiger partial charge in [-0.3, -0.25) is 14.7 Å². The Morgan fingerprint density at radius 1 is 1.30 bits per heavy atom. The van der Waals surface area contributed by atoms with Crippen molar-refractivity contribution >= 4 is 23.4 Å². The lowest BCUT2D eigenvalue weighted by atomic mass is 10.2. The van der Waals surface area contributed by atoms with Crippen LogP contribution in [-0.2, 0) is 4.79 Å². The third-order valence-corrected chi connectivity index (χ3v) is 4.28. The number of carbonyl (C=O) groups excluding carboxylic acids is 1. The number of thioether (sulfide) groups is 1. The number of nitrogens with zero attached hydrogens (tertiary/aromatic N) is 3. The van der Waals surface area contributed by atoms with Crippen LogP contribution in [-0.4, -0.2) is 28.7 Å². The topological polar surface area (TPSA) is 55.3 Å². The van der Waals surface area contributed by atoms with Crippen LogP contribution in [0.15, 0.2) is 42.9 Å². The van der Waals surface area contributed by atoms with Crippen LogP contribution in [0.3, 0.4) is 0 Å². The van der Waals surface area contributed by atoms with Crippen molar-refractivity contribution in [2.75, 3.05) is 17.8 Å². The van der Waals surface area contributed by atoms with Crippen LogP contribution in [0, 0.1) is 0 Å². The minimum atomic E-state index is -0.0271. The third kappa shape index (κ3) is 2.34. The average molecular weight is 287 g/mol. The summed E-state index contributed by atoms with van der Waals surface area (Å²) >= 11 is 1.61. The summed E-state index contributed by atoms with van der Waals surface area (Å²) in [4.78, 5) is 22.1. The molecular formula is C14H13N3O2S. The average Bonchev–Trinajstić information content (AvgIpc) is 2.90. The number of pyridine rings is 2. The first-order valence-corrected chi connectivity index (χ1v) is 7.18. The molecule has 1 amide bonds. The SMILES string of the molecule is COc1ccc(N2C(=O)CSC2c2ccncc2)cn1. The smallest absolute Gasteiger partial charge is 0.238 e. The molecule has 102 valence electrons. The standard InChI is InChI=1S/C14H13N3O2S/c1-19-12-3-2-11(8-16-12)17-13(18)9-20-14(17)10-4-6-15-7-5-10/h2-8,14H,9H2,1H3. The molecule has 1 fully saturated rings. The molecule has 2 aromatic rings. The second kappa shape index (κ2) is 5.50. The molecule has 20 heavy (non-hydrogen) atoms. The predicted octanol–water partition coefficient (Wildman–Crippen LogP) is 2.26. The lowest BCUT2D eigenvalue weighted by Crippen LogP contribution is -2.27. The molecular weight excluding hydrogens is 274 g/mol. The van der Waals surface area contributed by atoms with Crippen LogP contribution in [0.5, 0.6) is 5.88 Å². The van der Waals surface area contributed by atoms with Gasteiger partial charge < -0.3 is 4.74 Å². The van der Waals surface area contributed by atoms with Crippen LogP contribution in [0.25, 0.3) is 0 Å². The number of hydrogen-bond acceptors (Lipinski definition) is 5. The van der Waals surface area contributed by atoms with Gasteiger partial charge >= 0.3 is 0 Å². The zero-order chi connectivity index (χ0) is 13.9. The Balaban J connectivity index is 1.94. The number of ether oxygens (including phenoxy) is 1. The van der Waals surface area contributed by atoms with Gasteiger partial charge in [-0.15, -0.1) is 11.8 Å². The molecule has 0 aromatic carbocycles. The van der Waals surface area contributed by atoms with E-state index in [0.717, 1.165) is 11.3 Å². The number of methoxy groups -OCH3 is 1. The zero-order valence-corrected chi connectivity index (χ0v) is 11.7. The minimum Gasteiger partial charge on any atom is -0.481 e. The summed E-state index contributed by atoms with van der Waals surface area (Å²) in [5, 5.41) is -0.0271. The van der Waals surface area contributed by atoms with Crippen LogP contribution >= 0.6 is 11.8 Å². The Kier molecular flexibility index (Phi) is 3.56. The summed E-state index contributed by atoms with van der Waals surface area (Å²) < 4.78 is 5.04. The Morgan fingerprint density at radius 3 is 2.75 bits per heavy atom. The zero-order valence-electron chi connectivity index (χ0n) is 10.9. The summed E-state index contributed by atoms with van der Waals surface area (Å²) in [5.74, 6) is 1.09. The van der Waals surface area contributed by atoms with E-state index in [-0.39, 0.29) is 11.3 Å². The molecule has 3 rings (SSSR count). The molecule has 3 heterocycles. The number of amides is 1. The van der Waals surface area contributed by atoms with Crippen molar-refractivity contribution in [2.24, 2.45) is 0 Å². The Labute approximate surface area is 121 Å². The van der Waals surface area contributed by atoms with Gasteiger partial charge in [0.1, 0.15) is 5.37 Å². The van der Waals surface area contributed by atoms with E-state index in [2.05, 4.69) is 9.97 Å². The third-order valence-electron chi connectivity index (χ3n) is 3.07. The van der Waals surface area contributed by atoms with Crippen molar-refractivity contribution in [2.45, 2.75) is 5.37 Å². The van der Waals surface area contributed by atoms with E-state index >= 15 is 0 Å². The van der Waals surface area contributed by atoms with Gasteiger partial charge in [0.2, 0.25) is 11.8 Å². The summed E-state index contributed by atoms with van der Waals surface area (Å²) in [5.41, 5.74) is 1.84. The van der Waals surface area contributed by atoms with E-state index < -0.39 is 0 Å². The maximum Gasteiger partial charge on any atom is 0.238 e. The highest BCUT2D eigenvalue weighted by atomic mass is 32.2. The van der Waals surface area contributed by atoms with Gasteiger partial charge in [-0.05, 0) is 23.8 Å². The van der Waals surface area contributed by atoms with Gasteiger partial charge in [0.15, 0.2) is 0 Å². The lowest BCUT2D eigenvalue weighted by Gasteiger charge is -2.23. The molecule has 0 saturated carbocycles. The molecule has 1 unspecified atom stereocenters. The Hall–Kier alpha value is -2.08. The number of aromatic nitrogens is 2. The highest BCUT2D eigenvalue weighted by Crippen LogP contribution is 2.41. The molecule has 0 bridgehead atoms. The molecule has 1 saturated heterocycles. The lowest BCUT2D eigenvalue weighted by molar-refractivity contribution is -0.115. The van der Waals surface area contributed by atoms with Crippen LogP contribution in [0.2, 0.25) is 0 Å². The highest BCUT2D eigenvalue weighted by molar-refractivity contribution is 8.00. The van der Waals surface area contributed by atoms with Gasteiger partial charge in [-0.1, -0.05) is 0 Å². The summed E-state index contributed by atoms with van der Waals surface area (Å²) in [7, 11) is 1.57. The van der Waals surface area contributed by atoms with Crippen molar-refractivity contribution in [3.8, 4) is 5.88 Å². The van der Waals surface area contributed by atoms with Crippen molar-refractivity contribution in [1.29, 1.82) is 0 Å². The monoisotopic (exact) mass is 287 g/mol. The highest BCUT2D eigenvalue weighted by Gasteiger charge is 2.34. The van der Waals surface area contributed by atoms with Gasteiger partial charge in [0.25, 0.3) is 0 Å². The Morgan fingerprint density at radius 2 is 2.10 bits per heavy atom. The maximum absolute atomic E-state index is 12.1. The minimum absolute atomic E-state index is 0.0271. The van der Waals surface area contributed by atoms with Crippen molar-refractivity contribution in [1.82, 2.24) is 9.97 Å². The fourth-order valence-electron chi connectivity index (χ4n) is 2.11. The molecule has 0 spiro atoms. The normalized spacial score (nSPS) is 18.4. The second-order valence-electron chi connectivity index (χ2n) is 4.27. The van der Waals surface area contributed by atoms with E-state index in [1.54, 1.807) is 48.4 Å². The number of carbonyl (C=O) groups is 1. The van der Waals surface area contributed by atoms with Gasteiger partial charge in [-0.2, -0.15) is 0 Å². The van der Waals surface area contributed by atoms with Crippen LogP contribution in [0.4, 0.5) is 5.69 Å². The number of hydrogen-bond donors (Lipinski definition) is 0. The quantitative estimate of drug-likeness (QED) is 0.866. The van der Waals surface area contributed by atoms with Gasteiger partial charge in [-0.25, -0.2) is 4.98 Å². The maximum atomic E-state index is 12.1. The van der Waals surface area contributed by atoms with Crippen LogP contribution < -0.4 is 9.64 Å². The van der Waals surface area contributed by atoms with Gasteiger partial charge in [0, 0.05) is 18.5 Å². The molecule has 1 aliphatic heterocycles. The van der Waals surface area contributed by atoms with Crippen LogP contribution in [0.1, 0.15) is 10.9 Å². The first-order valence-electron chi connectivity index (χ1n) is 6.13. The molecule has 0 N–H and O–H groups in total. The van der Waals surface area contributed by atoms with Crippen molar-refractivity contribution in [3.63, 3.8) is 0 Å². The largest absolute Gasteiger partial charge is 0.481 e. The van der Waals surface area contributed by atoms with E-state index in [1.807, 2.05) is 18.2 Å². The number of rotatable bonds is 3. The molecule has 0 aliphatic carbocycles. The van der Waals surface area contributed by atoms with E-state index in [0.29, 0.717) is 11.6 Å². The summed E-state index contributed by atoms with van der Waals surface area (Å²) in [6.45, 7) is 0. The summed E-state index contributed by atoms with van der Waals surface area (Å²) in [6.07, 6.45) is 5.14. The molecule has 0 radical (unpaired) electrons. The molecule has 6 heteroatoms. The first kappa shape index (κ1) is 12.9. The van der Waals surface area contributed by atoms with Gasteiger partial charge in [0.05, 0.1) is 24.7 Å². The fraction of sp³-hybridized carbons (Fsp3) is 0.214.